The molecular formula is C18H26F2N2O. The van der Waals surface area contributed by atoms with Crippen LogP contribution in [0.15, 0.2) is 24.3 Å². The number of nitrogens with one attached hydrogen (secondary N) is 1. The molecule has 1 aliphatic carbocycles. The van der Waals surface area contributed by atoms with Gasteiger partial charge in [0.2, 0.25) is 0 Å². The fourth-order valence-corrected chi connectivity index (χ4v) is 3.28. The normalized spacial score (nSPS) is 21.6. The Labute approximate surface area is 137 Å². The fraction of sp³-hybridized carbons (Fsp3) is 0.667. The Hall–Kier alpha value is -1.20. The van der Waals surface area contributed by atoms with E-state index >= 15 is 0 Å². The maximum atomic E-state index is 12.2. The molecule has 1 N–H and O–H groups in total. The number of ether oxygens (including phenoxy) is 1. The third-order valence-corrected chi connectivity index (χ3v) is 5.06. The first kappa shape index (κ1) is 16.7. The first-order chi connectivity index (χ1) is 11.1. The number of alkyl halides is 2. The van der Waals surface area contributed by atoms with E-state index in [0.29, 0.717) is 12.1 Å². The molecule has 1 atom stereocenters. The zero-order chi connectivity index (χ0) is 16.2. The van der Waals surface area contributed by atoms with Gasteiger partial charge < -0.3 is 10.1 Å². The van der Waals surface area contributed by atoms with Crippen LogP contribution in [-0.4, -0.2) is 37.2 Å². The van der Waals surface area contributed by atoms with Crippen LogP contribution in [0.4, 0.5) is 8.78 Å². The van der Waals surface area contributed by atoms with Crippen LogP contribution in [0, 0.1) is 5.92 Å². The van der Waals surface area contributed by atoms with Gasteiger partial charge in [-0.25, -0.2) is 0 Å². The number of nitrogens with zero attached hydrogens (tertiary/aromatic N) is 1. The van der Waals surface area contributed by atoms with Gasteiger partial charge in [-0.15, -0.1) is 0 Å². The lowest BCUT2D eigenvalue weighted by Crippen LogP contribution is -2.43. The van der Waals surface area contributed by atoms with E-state index in [-0.39, 0.29) is 5.75 Å². The topological polar surface area (TPSA) is 24.5 Å². The molecule has 3 nitrogen and oxygen atoms in total. The van der Waals surface area contributed by atoms with Crippen LogP contribution in [0.25, 0.3) is 0 Å². The van der Waals surface area contributed by atoms with Gasteiger partial charge in [0.25, 0.3) is 0 Å². The second-order valence-corrected chi connectivity index (χ2v) is 6.79. The van der Waals surface area contributed by atoms with Crippen LogP contribution in [0.3, 0.4) is 0 Å². The molecule has 2 aliphatic rings. The number of rotatable bonds is 7. The summed E-state index contributed by atoms with van der Waals surface area (Å²) in [7, 11) is 0. The minimum Gasteiger partial charge on any atom is -0.435 e. The molecule has 1 aromatic carbocycles. The zero-order valence-corrected chi connectivity index (χ0v) is 13.7. The molecular weight excluding hydrogens is 298 g/mol. The van der Waals surface area contributed by atoms with Crippen LogP contribution in [0.2, 0.25) is 0 Å². The highest BCUT2D eigenvalue weighted by Crippen LogP contribution is 2.29. The largest absolute Gasteiger partial charge is 0.435 e. The van der Waals surface area contributed by atoms with Crippen molar-refractivity contribution in [1.29, 1.82) is 0 Å². The standard InChI is InChI=1S/C18H26F2N2O/c1-13(15-4-6-17(7-5-15)23-18(19)20)22-10-8-16(9-11-22)21-12-14-2-3-14/h4-7,13-14,16,18,21H,2-3,8-12H2,1H3. The lowest BCUT2D eigenvalue weighted by atomic mass is 10.00. The van der Waals surface area contributed by atoms with E-state index in [1.165, 1.54) is 32.2 Å². The Kier molecular flexibility index (Phi) is 5.49. The summed E-state index contributed by atoms with van der Waals surface area (Å²) in [5.74, 6) is 1.15. The Morgan fingerprint density at radius 1 is 1.13 bits per heavy atom. The van der Waals surface area contributed by atoms with Gasteiger partial charge in [-0.1, -0.05) is 12.1 Å². The van der Waals surface area contributed by atoms with Gasteiger partial charge in [-0.2, -0.15) is 8.78 Å². The lowest BCUT2D eigenvalue weighted by molar-refractivity contribution is -0.0498. The molecule has 0 bridgehead atoms. The molecule has 1 saturated carbocycles. The van der Waals surface area contributed by atoms with E-state index in [9.17, 15) is 8.78 Å². The van der Waals surface area contributed by atoms with Crippen molar-refractivity contribution in [3.63, 3.8) is 0 Å². The Morgan fingerprint density at radius 2 is 1.78 bits per heavy atom. The van der Waals surface area contributed by atoms with Crippen LogP contribution in [-0.2, 0) is 0 Å². The van der Waals surface area contributed by atoms with E-state index in [4.69, 9.17) is 0 Å². The monoisotopic (exact) mass is 324 g/mol. The summed E-state index contributed by atoms with van der Waals surface area (Å²) < 4.78 is 28.8. The quantitative estimate of drug-likeness (QED) is 0.825. The fourth-order valence-electron chi connectivity index (χ4n) is 3.28. The predicted octanol–water partition coefficient (Wildman–Crippen LogP) is 3.81. The average Bonchev–Trinajstić information content (AvgIpc) is 3.37. The van der Waals surface area contributed by atoms with Crippen LogP contribution in [0.5, 0.6) is 5.75 Å². The first-order valence-corrected chi connectivity index (χ1v) is 8.64. The van der Waals surface area contributed by atoms with E-state index in [0.717, 1.165) is 24.6 Å². The first-order valence-electron chi connectivity index (χ1n) is 8.64. The van der Waals surface area contributed by atoms with Gasteiger partial charge in [0.15, 0.2) is 0 Å². The second kappa shape index (κ2) is 7.58. The summed E-state index contributed by atoms with van der Waals surface area (Å²) in [6.45, 7) is 2.77. The number of benzene rings is 1. The Bertz CT molecular complexity index is 482. The van der Waals surface area contributed by atoms with E-state index in [1.807, 2.05) is 12.1 Å². The number of hydrogen-bond donors (Lipinski definition) is 1. The maximum Gasteiger partial charge on any atom is 0.387 e. The molecule has 128 valence electrons. The average molecular weight is 324 g/mol. The van der Waals surface area contributed by atoms with E-state index in [1.54, 1.807) is 12.1 Å². The molecule has 1 aliphatic heterocycles. The van der Waals surface area contributed by atoms with Crippen molar-refractivity contribution in [3.05, 3.63) is 29.8 Å². The number of halogens is 2. The van der Waals surface area contributed by atoms with Crippen molar-refractivity contribution < 1.29 is 13.5 Å². The molecule has 23 heavy (non-hydrogen) atoms. The molecule has 0 radical (unpaired) electrons. The lowest BCUT2D eigenvalue weighted by Gasteiger charge is -2.36. The molecule has 0 spiro atoms. The van der Waals surface area contributed by atoms with E-state index < -0.39 is 6.61 Å². The van der Waals surface area contributed by atoms with E-state index in [2.05, 4.69) is 21.9 Å². The molecule has 5 heteroatoms. The number of hydrogen-bond acceptors (Lipinski definition) is 3. The molecule has 0 amide bonds. The van der Waals surface area contributed by atoms with Gasteiger partial charge in [0, 0.05) is 25.2 Å². The smallest absolute Gasteiger partial charge is 0.387 e. The SMILES string of the molecule is CC(c1ccc(OC(F)F)cc1)N1CCC(NCC2CC2)CC1. The van der Waals surface area contributed by atoms with Crippen LogP contribution >= 0.6 is 0 Å². The van der Waals surface area contributed by atoms with Crippen LogP contribution < -0.4 is 10.1 Å². The van der Waals surface area contributed by atoms with Crippen LogP contribution in [0.1, 0.15) is 44.2 Å². The summed E-state index contributed by atoms with van der Waals surface area (Å²) in [4.78, 5) is 2.47. The van der Waals surface area contributed by atoms with Gasteiger partial charge >= 0.3 is 6.61 Å². The molecule has 2 fully saturated rings. The minimum absolute atomic E-state index is 0.221. The van der Waals surface area contributed by atoms with Crippen molar-refractivity contribution in [2.24, 2.45) is 5.92 Å². The predicted molar refractivity (Wildman–Crippen MR) is 86.8 cm³/mol. The van der Waals surface area contributed by atoms with Gasteiger partial charge in [0.05, 0.1) is 0 Å². The minimum atomic E-state index is -2.76. The maximum absolute atomic E-state index is 12.2. The van der Waals surface area contributed by atoms with Crippen molar-refractivity contribution in [1.82, 2.24) is 10.2 Å². The second-order valence-electron chi connectivity index (χ2n) is 6.79. The summed E-state index contributed by atoms with van der Waals surface area (Å²) in [5.41, 5.74) is 1.15. The third kappa shape index (κ3) is 4.88. The highest BCUT2D eigenvalue weighted by molar-refractivity contribution is 5.29. The van der Waals surface area contributed by atoms with Crippen molar-refractivity contribution >= 4 is 0 Å². The molecule has 1 aromatic rings. The van der Waals surface area contributed by atoms with Gasteiger partial charge in [-0.3, -0.25) is 4.90 Å². The third-order valence-electron chi connectivity index (χ3n) is 5.06. The van der Waals surface area contributed by atoms with Crippen molar-refractivity contribution in [2.75, 3.05) is 19.6 Å². The zero-order valence-electron chi connectivity index (χ0n) is 13.7. The Balaban J connectivity index is 1.47. The molecule has 1 heterocycles. The molecule has 3 rings (SSSR count). The number of likely N-dealkylation sites (tertiary alicyclic amines) is 1. The highest BCUT2D eigenvalue weighted by atomic mass is 19.3. The summed E-state index contributed by atoms with van der Waals surface area (Å²) in [6, 6.07) is 7.99. The van der Waals surface area contributed by atoms with Gasteiger partial charge in [0.1, 0.15) is 5.75 Å². The molecule has 1 saturated heterocycles. The Morgan fingerprint density at radius 3 is 2.35 bits per heavy atom. The molecule has 0 aromatic heterocycles. The summed E-state index contributed by atoms with van der Waals surface area (Å²) >= 11 is 0. The number of piperidine rings is 1. The highest BCUT2D eigenvalue weighted by Gasteiger charge is 2.26. The van der Waals surface area contributed by atoms with Gasteiger partial charge in [-0.05, 0) is 62.8 Å². The van der Waals surface area contributed by atoms with Crippen molar-refractivity contribution in [2.45, 2.75) is 51.3 Å². The summed E-state index contributed by atoms with van der Waals surface area (Å²) in [6.07, 6.45) is 5.16. The summed E-state index contributed by atoms with van der Waals surface area (Å²) in [5, 5.41) is 3.69. The molecule has 1 unspecified atom stereocenters. The van der Waals surface area contributed by atoms with Crippen molar-refractivity contribution in [3.8, 4) is 5.75 Å².